The van der Waals surface area contributed by atoms with E-state index in [1.165, 1.54) is 5.56 Å². The zero-order valence-corrected chi connectivity index (χ0v) is 11.3. The van der Waals surface area contributed by atoms with Crippen molar-refractivity contribution in [3.63, 3.8) is 0 Å². The van der Waals surface area contributed by atoms with Crippen LogP contribution in [-0.2, 0) is 6.61 Å². The summed E-state index contributed by atoms with van der Waals surface area (Å²) in [4.78, 5) is 0. The summed E-state index contributed by atoms with van der Waals surface area (Å²) in [6, 6.07) is 19.8. The number of ether oxygens (including phenoxy) is 1. The van der Waals surface area contributed by atoms with E-state index < -0.39 is 0 Å². The van der Waals surface area contributed by atoms with E-state index in [2.05, 4.69) is 6.92 Å². The second-order valence-corrected chi connectivity index (χ2v) is 4.88. The van der Waals surface area contributed by atoms with Crippen LogP contribution < -0.4 is 4.74 Å². The highest BCUT2D eigenvalue weighted by Crippen LogP contribution is 2.30. The number of hydrogen-bond donors (Lipinski definition) is 1. The third-order valence-electron chi connectivity index (χ3n) is 3.34. The van der Waals surface area contributed by atoms with Crippen molar-refractivity contribution in [1.29, 1.82) is 0 Å². The first-order valence-corrected chi connectivity index (χ1v) is 6.63. The highest BCUT2D eigenvalue weighted by molar-refractivity contribution is 5.89. The van der Waals surface area contributed by atoms with Crippen molar-refractivity contribution in [2.45, 2.75) is 13.5 Å². The van der Waals surface area contributed by atoms with Crippen LogP contribution >= 0.6 is 0 Å². The number of aryl methyl sites for hydroxylation is 1. The van der Waals surface area contributed by atoms with Crippen molar-refractivity contribution >= 4 is 10.8 Å². The molecular weight excluding hydrogens is 248 g/mol. The van der Waals surface area contributed by atoms with Crippen molar-refractivity contribution in [1.82, 2.24) is 0 Å². The average molecular weight is 264 g/mol. The van der Waals surface area contributed by atoms with Crippen LogP contribution in [0.25, 0.3) is 10.8 Å². The molecule has 2 heteroatoms. The first-order chi connectivity index (χ1) is 9.76. The molecule has 1 N–H and O–H groups in total. The van der Waals surface area contributed by atoms with Crippen LogP contribution in [0.2, 0.25) is 0 Å². The molecule has 3 aromatic rings. The monoisotopic (exact) mass is 264 g/mol. The van der Waals surface area contributed by atoms with E-state index >= 15 is 0 Å². The maximum atomic E-state index is 9.20. The summed E-state index contributed by atoms with van der Waals surface area (Å²) in [7, 11) is 0. The highest BCUT2D eigenvalue weighted by Gasteiger charge is 2.04. The Morgan fingerprint density at radius 1 is 0.950 bits per heavy atom. The molecule has 0 amide bonds. The Hall–Kier alpha value is -2.32. The van der Waals surface area contributed by atoms with Gasteiger partial charge in [0.25, 0.3) is 0 Å². The van der Waals surface area contributed by atoms with Crippen LogP contribution in [0.4, 0.5) is 0 Å². The number of aliphatic hydroxyl groups excluding tert-OH is 1. The molecule has 100 valence electrons. The molecule has 0 aromatic heterocycles. The molecule has 0 aliphatic carbocycles. The molecule has 2 nitrogen and oxygen atoms in total. The van der Waals surface area contributed by atoms with Gasteiger partial charge in [-0.05, 0) is 42.1 Å². The van der Waals surface area contributed by atoms with Crippen LogP contribution in [0.3, 0.4) is 0 Å². The zero-order chi connectivity index (χ0) is 13.9. The lowest BCUT2D eigenvalue weighted by Crippen LogP contribution is -1.88. The van der Waals surface area contributed by atoms with Gasteiger partial charge in [0.05, 0.1) is 6.61 Å². The van der Waals surface area contributed by atoms with Gasteiger partial charge in [-0.3, -0.25) is 0 Å². The Labute approximate surface area is 118 Å². The summed E-state index contributed by atoms with van der Waals surface area (Å²) in [5, 5.41) is 11.3. The molecular formula is C18H16O2. The first kappa shape index (κ1) is 12.7. The predicted octanol–water partition coefficient (Wildman–Crippen LogP) is 4.43. The van der Waals surface area contributed by atoms with Crippen LogP contribution in [0.15, 0.2) is 60.7 Å². The van der Waals surface area contributed by atoms with E-state index in [0.717, 1.165) is 27.8 Å². The smallest absolute Gasteiger partial charge is 0.135 e. The van der Waals surface area contributed by atoms with Gasteiger partial charge in [0, 0.05) is 5.39 Å². The average Bonchev–Trinajstić information content (AvgIpc) is 2.49. The van der Waals surface area contributed by atoms with Gasteiger partial charge in [0.1, 0.15) is 11.5 Å². The molecule has 0 heterocycles. The van der Waals surface area contributed by atoms with Crippen LogP contribution in [0, 0.1) is 6.92 Å². The van der Waals surface area contributed by atoms with Crippen LogP contribution in [0.5, 0.6) is 11.5 Å². The molecule has 0 spiro atoms. The van der Waals surface area contributed by atoms with Crippen molar-refractivity contribution in [2.75, 3.05) is 0 Å². The summed E-state index contributed by atoms with van der Waals surface area (Å²) >= 11 is 0. The number of aliphatic hydroxyl groups is 1. The van der Waals surface area contributed by atoms with Gasteiger partial charge in [0.15, 0.2) is 0 Å². The van der Waals surface area contributed by atoms with Crippen LogP contribution in [-0.4, -0.2) is 5.11 Å². The van der Waals surface area contributed by atoms with E-state index in [1.807, 2.05) is 60.7 Å². The molecule has 0 atom stereocenters. The summed E-state index contributed by atoms with van der Waals surface area (Å²) in [5.41, 5.74) is 2.12. The van der Waals surface area contributed by atoms with Crippen molar-refractivity contribution < 1.29 is 9.84 Å². The Morgan fingerprint density at radius 3 is 2.50 bits per heavy atom. The summed E-state index contributed by atoms with van der Waals surface area (Å²) in [5.74, 6) is 1.66. The van der Waals surface area contributed by atoms with Gasteiger partial charge in [-0.1, -0.05) is 42.0 Å². The third kappa shape index (κ3) is 2.51. The van der Waals surface area contributed by atoms with Crippen LogP contribution in [0.1, 0.15) is 11.1 Å². The minimum absolute atomic E-state index is 0.0546. The Morgan fingerprint density at radius 2 is 1.75 bits per heavy atom. The van der Waals surface area contributed by atoms with Gasteiger partial charge < -0.3 is 9.84 Å². The SMILES string of the molecule is Cc1ccc(Oc2cccc3cc(CO)ccc23)cc1. The van der Waals surface area contributed by atoms with E-state index in [-0.39, 0.29) is 6.61 Å². The highest BCUT2D eigenvalue weighted by atomic mass is 16.5. The summed E-state index contributed by atoms with van der Waals surface area (Å²) in [6.07, 6.45) is 0. The molecule has 0 radical (unpaired) electrons. The maximum Gasteiger partial charge on any atom is 0.135 e. The van der Waals surface area contributed by atoms with Gasteiger partial charge >= 0.3 is 0 Å². The standard InChI is InChI=1S/C18H16O2/c1-13-5-8-16(9-6-13)20-18-4-2-3-15-11-14(12-19)7-10-17(15)18/h2-11,19H,12H2,1H3. The minimum atomic E-state index is 0.0546. The first-order valence-electron chi connectivity index (χ1n) is 6.63. The maximum absolute atomic E-state index is 9.20. The van der Waals surface area contributed by atoms with Crippen molar-refractivity contribution in [3.05, 3.63) is 71.8 Å². The molecule has 0 aliphatic heterocycles. The van der Waals surface area contributed by atoms with Crippen molar-refractivity contribution in [3.8, 4) is 11.5 Å². The minimum Gasteiger partial charge on any atom is -0.457 e. The molecule has 20 heavy (non-hydrogen) atoms. The fourth-order valence-electron chi connectivity index (χ4n) is 2.22. The lowest BCUT2D eigenvalue weighted by Gasteiger charge is -2.10. The Kier molecular flexibility index (Phi) is 3.40. The van der Waals surface area contributed by atoms with E-state index in [0.29, 0.717) is 0 Å². The fourth-order valence-corrected chi connectivity index (χ4v) is 2.22. The molecule has 0 unspecified atom stereocenters. The largest absolute Gasteiger partial charge is 0.457 e. The quantitative estimate of drug-likeness (QED) is 0.758. The normalized spacial score (nSPS) is 10.7. The van der Waals surface area contributed by atoms with Gasteiger partial charge in [-0.2, -0.15) is 0 Å². The second kappa shape index (κ2) is 5.35. The second-order valence-electron chi connectivity index (χ2n) is 4.88. The third-order valence-corrected chi connectivity index (χ3v) is 3.34. The number of hydrogen-bond acceptors (Lipinski definition) is 2. The molecule has 3 rings (SSSR count). The molecule has 0 saturated carbocycles. The van der Waals surface area contributed by atoms with Crippen molar-refractivity contribution in [2.24, 2.45) is 0 Å². The lowest BCUT2D eigenvalue weighted by molar-refractivity contribution is 0.282. The van der Waals surface area contributed by atoms with Gasteiger partial charge in [0.2, 0.25) is 0 Å². The number of rotatable bonds is 3. The van der Waals surface area contributed by atoms with Gasteiger partial charge in [-0.15, -0.1) is 0 Å². The molecule has 0 aliphatic rings. The molecule has 0 saturated heterocycles. The topological polar surface area (TPSA) is 29.5 Å². The van der Waals surface area contributed by atoms with E-state index in [4.69, 9.17) is 4.74 Å². The van der Waals surface area contributed by atoms with Gasteiger partial charge in [-0.25, -0.2) is 0 Å². The number of fused-ring (bicyclic) bond motifs is 1. The summed E-state index contributed by atoms with van der Waals surface area (Å²) in [6.45, 7) is 2.11. The van der Waals surface area contributed by atoms with E-state index in [9.17, 15) is 5.11 Å². The molecule has 0 fully saturated rings. The zero-order valence-electron chi connectivity index (χ0n) is 11.3. The number of benzene rings is 3. The Bertz CT molecular complexity index is 730. The molecule has 0 bridgehead atoms. The predicted molar refractivity (Wildman–Crippen MR) is 81.1 cm³/mol. The lowest BCUT2D eigenvalue weighted by atomic mass is 10.1. The fraction of sp³-hybridized carbons (Fsp3) is 0.111. The van der Waals surface area contributed by atoms with E-state index in [1.54, 1.807) is 0 Å². The molecule has 3 aromatic carbocycles. The summed E-state index contributed by atoms with van der Waals surface area (Å²) < 4.78 is 5.96. The Balaban J connectivity index is 2.01.